The Labute approximate surface area is 160 Å². The van der Waals surface area contributed by atoms with Gasteiger partial charge in [0.1, 0.15) is 11.5 Å². The number of aliphatic hydroxyl groups is 1. The average molecular weight is 371 g/mol. The summed E-state index contributed by atoms with van der Waals surface area (Å²) >= 11 is 0. The molecule has 3 N–H and O–H groups in total. The number of aliphatic imine (C=N–C) groups is 1. The fourth-order valence-electron chi connectivity index (χ4n) is 3.23. The lowest BCUT2D eigenvalue weighted by Gasteiger charge is -2.27. The Balaban J connectivity index is 1.57. The number of methoxy groups -OCH3 is 1. The van der Waals surface area contributed by atoms with Crippen LogP contribution >= 0.6 is 0 Å². The molecular weight excluding hydrogens is 342 g/mol. The molecule has 146 valence electrons. The Morgan fingerprint density at radius 2 is 1.96 bits per heavy atom. The van der Waals surface area contributed by atoms with Gasteiger partial charge in [-0.15, -0.1) is 0 Å². The molecule has 6 heteroatoms. The maximum atomic E-state index is 9.71. The fraction of sp³-hybridized carbons (Fsp3) is 0.476. The van der Waals surface area contributed by atoms with Crippen LogP contribution in [0.1, 0.15) is 37.0 Å². The highest BCUT2D eigenvalue weighted by Gasteiger charge is 2.20. The minimum absolute atomic E-state index is 0.158. The minimum atomic E-state index is -0.158. The predicted molar refractivity (Wildman–Crippen MR) is 106 cm³/mol. The zero-order chi connectivity index (χ0) is 18.9. The maximum absolute atomic E-state index is 9.71. The number of benzene rings is 1. The first-order valence-corrected chi connectivity index (χ1v) is 9.61. The monoisotopic (exact) mass is 371 g/mol. The molecule has 0 radical (unpaired) electrons. The number of nitrogens with one attached hydrogen (secondary N) is 2. The molecule has 0 saturated heterocycles. The van der Waals surface area contributed by atoms with Crippen LogP contribution in [0.4, 0.5) is 0 Å². The molecule has 1 aliphatic rings. The highest BCUT2D eigenvalue weighted by atomic mass is 16.5. The van der Waals surface area contributed by atoms with E-state index in [2.05, 4.69) is 10.6 Å². The SMILES string of the molecule is COc1ccc(CN=C(NCCc2ccco2)NC2CCC(O)CC2)cc1. The van der Waals surface area contributed by atoms with Crippen LogP contribution in [0, 0.1) is 0 Å². The van der Waals surface area contributed by atoms with E-state index in [0.717, 1.165) is 61.7 Å². The van der Waals surface area contributed by atoms with Crippen molar-refractivity contribution in [1.29, 1.82) is 0 Å². The van der Waals surface area contributed by atoms with Gasteiger partial charge < -0.3 is 24.9 Å². The Morgan fingerprint density at radius 3 is 2.63 bits per heavy atom. The molecule has 1 aromatic heterocycles. The smallest absolute Gasteiger partial charge is 0.191 e. The number of hydrogen-bond acceptors (Lipinski definition) is 4. The molecule has 6 nitrogen and oxygen atoms in total. The summed E-state index contributed by atoms with van der Waals surface area (Å²) in [5.41, 5.74) is 1.13. The number of rotatable bonds is 7. The van der Waals surface area contributed by atoms with Crippen LogP contribution < -0.4 is 15.4 Å². The third-order valence-corrected chi connectivity index (χ3v) is 4.86. The number of guanidine groups is 1. The van der Waals surface area contributed by atoms with E-state index in [-0.39, 0.29) is 6.10 Å². The lowest BCUT2D eigenvalue weighted by atomic mass is 9.93. The van der Waals surface area contributed by atoms with Gasteiger partial charge in [0.15, 0.2) is 5.96 Å². The zero-order valence-electron chi connectivity index (χ0n) is 15.9. The predicted octanol–water partition coefficient (Wildman–Crippen LogP) is 2.87. The van der Waals surface area contributed by atoms with Gasteiger partial charge >= 0.3 is 0 Å². The van der Waals surface area contributed by atoms with Crippen molar-refractivity contribution in [1.82, 2.24) is 10.6 Å². The van der Waals surface area contributed by atoms with Crippen molar-refractivity contribution in [3.63, 3.8) is 0 Å². The van der Waals surface area contributed by atoms with Gasteiger partial charge in [0.05, 0.1) is 26.0 Å². The van der Waals surface area contributed by atoms with Gasteiger partial charge in [0, 0.05) is 19.0 Å². The highest BCUT2D eigenvalue weighted by Crippen LogP contribution is 2.18. The maximum Gasteiger partial charge on any atom is 0.191 e. The van der Waals surface area contributed by atoms with E-state index in [9.17, 15) is 5.11 Å². The first-order valence-electron chi connectivity index (χ1n) is 9.61. The number of hydrogen-bond donors (Lipinski definition) is 3. The van der Waals surface area contributed by atoms with Crippen molar-refractivity contribution in [2.45, 2.75) is 50.8 Å². The summed E-state index contributed by atoms with van der Waals surface area (Å²) in [6.45, 7) is 1.34. The van der Waals surface area contributed by atoms with Crippen molar-refractivity contribution in [3.8, 4) is 5.75 Å². The van der Waals surface area contributed by atoms with Gasteiger partial charge in [-0.3, -0.25) is 0 Å². The number of ether oxygens (including phenoxy) is 1. The molecule has 1 aromatic carbocycles. The Hall–Kier alpha value is -2.47. The quantitative estimate of drug-likeness (QED) is 0.515. The van der Waals surface area contributed by atoms with Gasteiger partial charge in [-0.25, -0.2) is 4.99 Å². The van der Waals surface area contributed by atoms with Gasteiger partial charge in [-0.2, -0.15) is 0 Å². The number of aliphatic hydroxyl groups excluding tert-OH is 1. The topological polar surface area (TPSA) is 79.0 Å². The van der Waals surface area contributed by atoms with E-state index in [1.54, 1.807) is 13.4 Å². The molecular formula is C21H29N3O3. The second kappa shape index (κ2) is 10.0. The van der Waals surface area contributed by atoms with Crippen LogP contribution in [-0.4, -0.2) is 36.9 Å². The van der Waals surface area contributed by atoms with Crippen LogP contribution in [0.2, 0.25) is 0 Å². The third kappa shape index (κ3) is 6.32. The van der Waals surface area contributed by atoms with Crippen molar-refractivity contribution in [2.75, 3.05) is 13.7 Å². The lowest BCUT2D eigenvalue weighted by Crippen LogP contribution is -2.45. The molecule has 0 atom stereocenters. The summed E-state index contributed by atoms with van der Waals surface area (Å²) in [6.07, 6.45) is 5.95. The molecule has 1 saturated carbocycles. The summed E-state index contributed by atoms with van der Waals surface area (Å²) in [5, 5.41) is 16.6. The lowest BCUT2D eigenvalue weighted by molar-refractivity contribution is 0.120. The molecule has 1 fully saturated rings. The summed E-state index contributed by atoms with van der Waals surface area (Å²) in [5.74, 6) is 2.61. The third-order valence-electron chi connectivity index (χ3n) is 4.86. The van der Waals surface area contributed by atoms with Crippen molar-refractivity contribution in [3.05, 3.63) is 54.0 Å². The second-order valence-corrected chi connectivity index (χ2v) is 6.92. The standard InChI is InChI=1S/C21H29N3O3/c1-26-19-10-4-16(5-11-19)15-23-21(22-13-12-20-3-2-14-27-20)24-17-6-8-18(25)9-7-17/h2-5,10-11,14,17-18,25H,6-9,12-13,15H2,1H3,(H2,22,23,24). The van der Waals surface area contributed by atoms with Gasteiger partial charge in [-0.05, 0) is 55.5 Å². The van der Waals surface area contributed by atoms with Crippen molar-refractivity contribution >= 4 is 5.96 Å². The molecule has 0 spiro atoms. The van der Waals surface area contributed by atoms with E-state index >= 15 is 0 Å². The first kappa shape index (κ1) is 19.3. The van der Waals surface area contributed by atoms with E-state index in [1.165, 1.54) is 0 Å². The summed E-state index contributed by atoms with van der Waals surface area (Å²) < 4.78 is 10.6. The highest BCUT2D eigenvalue weighted by molar-refractivity contribution is 5.80. The van der Waals surface area contributed by atoms with Gasteiger partial charge in [-0.1, -0.05) is 12.1 Å². The van der Waals surface area contributed by atoms with Crippen LogP contribution in [0.25, 0.3) is 0 Å². The normalized spacial score (nSPS) is 20.3. The van der Waals surface area contributed by atoms with E-state index in [0.29, 0.717) is 12.6 Å². The Morgan fingerprint density at radius 1 is 1.19 bits per heavy atom. The number of nitrogens with zero attached hydrogens (tertiary/aromatic N) is 1. The molecule has 0 aliphatic heterocycles. The summed E-state index contributed by atoms with van der Waals surface area (Å²) in [4.78, 5) is 4.74. The molecule has 0 amide bonds. The molecule has 1 heterocycles. The molecule has 3 rings (SSSR count). The first-order chi connectivity index (χ1) is 13.2. The molecule has 2 aromatic rings. The molecule has 27 heavy (non-hydrogen) atoms. The largest absolute Gasteiger partial charge is 0.497 e. The van der Waals surface area contributed by atoms with E-state index in [1.807, 2.05) is 36.4 Å². The van der Waals surface area contributed by atoms with Crippen LogP contribution in [-0.2, 0) is 13.0 Å². The van der Waals surface area contributed by atoms with Gasteiger partial charge in [0.2, 0.25) is 0 Å². The van der Waals surface area contributed by atoms with Crippen LogP contribution in [0.5, 0.6) is 5.75 Å². The van der Waals surface area contributed by atoms with Gasteiger partial charge in [0.25, 0.3) is 0 Å². The van der Waals surface area contributed by atoms with Crippen LogP contribution in [0.15, 0.2) is 52.1 Å². The fourth-order valence-corrected chi connectivity index (χ4v) is 3.23. The van der Waals surface area contributed by atoms with E-state index < -0.39 is 0 Å². The molecule has 0 bridgehead atoms. The molecule has 0 unspecified atom stereocenters. The average Bonchev–Trinajstić information content (AvgIpc) is 3.21. The second-order valence-electron chi connectivity index (χ2n) is 6.92. The minimum Gasteiger partial charge on any atom is -0.497 e. The number of furan rings is 1. The Bertz CT molecular complexity index is 690. The molecule has 1 aliphatic carbocycles. The summed E-state index contributed by atoms with van der Waals surface area (Å²) in [6, 6.07) is 12.2. The van der Waals surface area contributed by atoms with E-state index in [4.69, 9.17) is 14.1 Å². The summed E-state index contributed by atoms with van der Waals surface area (Å²) in [7, 11) is 1.67. The van der Waals surface area contributed by atoms with Crippen LogP contribution in [0.3, 0.4) is 0 Å². The zero-order valence-corrected chi connectivity index (χ0v) is 15.9. The van der Waals surface area contributed by atoms with Crippen molar-refractivity contribution < 1.29 is 14.3 Å². The van der Waals surface area contributed by atoms with Crippen molar-refractivity contribution in [2.24, 2.45) is 4.99 Å². The Kier molecular flexibility index (Phi) is 7.16.